The first-order chi connectivity index (χ1) is 5.70. The normalized spacial score (nSPS) is 27.4. The minimum absolute atomic E-state index is 0.0286. The Morgan fingerprint density at radius 1 is 1.75 bits per heavy atom. The Kier molecular flexibility index (Phi) is 1.92. The maximum absolute atomic E-state index is 11.1. The average molecular weight is 201 g/mol. The van der Waals surface area contributed by atoms with Crippen LogP contribution in [0.1, 0.15) is 6.42 Å². The number of rotatable bonds is 1. The summed E-state index contributed by atoms with van der Waals surface area (Å²) in [6.07, 6.45) is 2.32. The second-order valence-corrected chi connectivity index (χ2v) is 4.27. The van der Waals surface area contributed by atoms with E-state index >= 15 is 0 Å². The van der Waals surface area contributed by atoms with Crippen LogP contribution in [0.3, 0.4) is 0 Å². The van der Waals surface area contributed by atoms with Gasteiger partial charge in [0.2, 0.25) is 11.0 Å². The topological polar surface area (TPSA) is 37.4 Å². The molecule has 2 heterocycles. The van der Waals surface area contributed by atoms with Crippen molar-refractivity contribution in [3.8, 4) is 0 Å². The molecule has 64 valence electrons. The van der Waals surface area contributed by atoms with E-state index in [1.807, 2.05) is 0 Å². The van der Waals surface area contributed by atoms with Crippen LogP contribution in [0.4, 0.5) is 0 Å². The summed E-state index contributed by atoms with van der Waals surface area (Å²) in [5.74, 6) is 0.830. The van der Waals surface area contributed by atoms with Gasteiger partial charge in [-0.3, -0.25) is 14.5 Å². The van der Waals surface area contributed by atoms with Crippen molar-refractivity contribution in [2.75, 3.05) is 5.75 Å². The fraction of sp³-hybridized carbons (Fsp3) is 0.429. The molecule has 12 heavy (non-hydrogen) atoms. The van der Waals surface area contributed by atoms with Crippen molar-refractivity contribution >= 4 is 35.4 Å². The van der Waals surface area contributed by atoms with E-state index in [0.717, 1.165) is 5.75 Å². The second-order valence-electron chi connectivity index (χ2n) is 2.65. The fourth-order valence-corrected chi connectivity index (χ4v) is 2.65. The Hall–Kier alpha value is -0.420. The fourth-order valence-electron chi connectivity index (χ4n) is 1.34. The molecule has 0 unspecified atom stereocenters. The van der Waals surface area contributed by atoms with Crippen molar-refractivity contribution in [1.29, 1.82) is 0 Å². The highest BCUT2D eigenvalue weighted by Gasteiger charge is 2.41. The van der Waals surface area contributed by atoms with Crippen molar-refractivity contribution < 1.29 is 9.59 Å². The summed E-state index contributed by atoms with van der Waals surface area (Å²) in [7, 11) is 0. The SMILES string of the molecule is O=C(S)C1=CCS[C@@H]2CC(=O)N12. The lowest BCUT2D eigenvalue weighted by Gasteiger charge is -2.42. The average Bonchev–Trinajstić information content (AvgIpc) is 2.01. The van der Waals surface area contributed by atoms with E-state index in [1.165, 1.54) is 4.90 Å². The highest BCUT2D eigenvalue weighted by molar-refractivity contribution is 8.00. The summed E-state index contributed by atoms with van der Waals surface area (Å²) in [5, 5.41) is -0.123. The molecule has 0 bridgehead atoms. The minimum atomic E-state index is -0.312. The smallest absolute Gasteiger partial charge is 0.232 e. The number of carbonyl (C=O) groups excluding carboxylic acids is 2. The van der Waals surface area contributed by atoms with Crippen LogP contribution in [-0.4, -0.2) is 27.0 Å². The van der Waals surface area contributed by atoms with Gasteiger partial charge in [-0.2, -0.15) is 0 Å². The zero-order valence-electron chi connectivity index (χ0n) is 6.19. The molecule has 0 aliphatic carbocycles. The zero-order valence-corrected chi connectivity index (χ0v) is 7.90. The molecule has 0 aromatic heterocycles. The molecule has 0 aromatic rings. The highest BCUT2D eigenvalue weighted by atomic mass is 32.2. The summed E-state index contributed by atoms with van der Waals surface area (Å²) >= 11 is 5.39. The van der Waals surface area contributed by atoms with Crippen LogP contribution < -0.4 is 0 Å². The Bertz CT molecular complexity index is 287. The van der Waals surface area contributed by atoms with E-state index in [-0.39, 0.29) is 16.4 Å². The number of carbonyl (C=O) groups is 2. The number of fused-ring (bicyclic) bond motifs is 1. The summed E-state index contributed by atoms with van der Waals surface area (Å²) in [6.45, 7) is 0. The van der Waals surface area contributed by atoms with Crippen molar-refractivity contribution in [3.63, 3.8) is 0 Å². The van der Waals surface area contributed by atoms with Crippen LogP contribution in [0.15, 0.2) is 11.8 Å². The van der Waals surface area contributed by atoms with E-state index in [0.29, 0.717) is 12.1 Å². The molecule has 2 aliphatic rings. The lowest BCUT2D eigenvalue weighted by molar-refractivity contribution is -0.140. The van der Waals surface area contributed by atoms with Gasteiger partial charge in [0.05, 0.1) is 17.5 Å². The minimum Gasteiger partial charge on any atom is -0.295 e. The molecule has 2 rings (SSSR count). The molecule has 0 aromatic carbocycles. The molecule has 0 spiro atoms. The Morgan fingerprint density at radius 3 is 3.00 bits per heavy atom. The van der Waals surface area contributed by atoms with Gasteiger partial charge >= 0.3 is 0 Å². The summed E-state index contributed by atoms with van der Waals surface area (Å²) in [6, 6.07) is 0. The van der Waals surface area contributed by atoms with Gasteiger partial charge in [-0.05, 0) is 6.08 Å². The third-order valence-electron chi connectivity index (χ3n) is 1.95. The van der Waals surface area contributed by atoms with E-state index < -0.39 is 0 Å². The highest BCUT2D eigenvalue weighted by Crippen LogP contribution is 2.37. The van der Waals surface area contributed by atoms with Crippen LogP contribution in [0.5, 0.6) is 0 Å². The van der Waals surface area contributed by atoms with Crippen LogP contribution in [-0.2, 0) is 9.59 Å². The Labute approximate surface area is 79.6 Å². The standard InChI is InChI=1S/C7H7NO2S2/c9-5-3-6-8(5)4(7(10)11)1-2-12-6/h1,6H,2-3H2,(H,10,11)/t6-/m1/s1. The monoisotopic (exact) mass is 201 g/mol. The van der Waals surface area contributed by atoms with Gasteiger partial charge in [0.25, 0.3) is 0 Å². The molecule has 0 N–H and O–H groups in total. The molecule has 1 amide bonds. The number of nitrogens with zero attached hydrogens (tertiary/aromatic N) is 1. The second kappa shape index (κ2) is 2.81. The van der Waals surface area contributed by atoms with Gasteiger partial charge in [-0.25, -0.2) is 0 Å². The largest absolute Gasteiger partial charge is 0.295 e. The first-order valence-corrected chi connectivity index (χ1v) is 5.07. The van der Waals surface area contributed by atoms with Gasteiger partial charge in [-0.15, -0.1) is 11.8 Å². The molecule has 1 fully saturated rings. The van der Waals surface area contributed by atoms with Crippen molar-refractivity contribution in [2.45, 2.75) is 11.8 Å². The summed E-state index contributed by atoms with van der Waals surface area (Å²) < 4.78 is 0. The van der Waals surface area contributed by atoms with E-state index in [4.69, 9.17) is 0 Å². The quantitative estimate of drug-likeness (QED) is 0.499. The third kappa shape index (κ3) is 1.08. The van der Waals surface area contributed by atoms with Gasteiger partial charge in [0.1, 0.15) is 0 Å². The maximum atomic E-state index is 11.1. The van der Waals surface area contributed by atoms with Crippen LogP contribution in [0.25, 0.3) is 0 Å². The number of thiol groups is 1. The molecule has 0 saturated carbocycles. The first-order valence-electron chi connectivity index (χ1n) is 3.57. The molecule has 2 aliphatic heterocycles. The molecule has 0 radical (unpaired) electrons. The van der Waals surface area contributed by atoms with Gasteiger partial charge < -0.3 is 0 Å². The Balaban J connectivity index is 2.26. The van der Waals surface area contributed by atoms with Crippen LogP contribution in [0.2, 0.25) is 0 Å². The number of amides is 1. The predicted molar refractivity (Wildman–Crippen MR) is 49.8 cm³/mol. The molecule has 1 atom stereocenters. The van der Waals surface area contributed by atoms with E-state index in [9.17, 15) is 9.59 Å². The molecular weight excluding hydrogens is 194 g/mol. The lowest BCUT2D eigenvalue weighted by Crippen LogP contribution is -2.52. The maximum Gasteiger partial charge on any atom is 0.232 e. The molecule has 1 saturated heterocycles. The van der Waals surface area contributed by atoms with Crippen molar-refractivity contribution in [2.24, 2.45) is 0 Å². The van der Waals surface area contributed by atoms with Gasteiger partial charge in [-0.1, -0.05) is 12.6 Å². The van der Waals surface area contributed by atoms with Crippen LogP contribution >= 0.6 is 24.4 Å². The van der Waals surface area contributed by atoms with E-state index in [2.05, 4.69) is 12.6 Å². The van der Waals surface area contributed by atoms with Gasteiger partial charge in [0.15, 0.2) is 0 Å². The first kappa shape index (κ1) is 8.19. The van der Waals surface area contributed by atoms with Crippen molar-refractivity contribution in [3.05, 3.63) is 11.8 Å². The Morgan fingerprint density at radius 2 is 2.50 bits per heavy atom. The predicted octanol–water partition coefficient (Wildman–Crippen LogP) is 0.632. The number of β-lactam (4-membered cyclic amide) rings is 1. The van der Waals surface area contributed by atoms with Gasteiger partial charge in [0, 0.05) is 5.75 Å². The number of thioether (sulfide) groups is 1. The number of hydrogen-bond acceptors (Lipinski definition) is 3. The zero-order chi connectivity index (χ0) is 8.72. The lowest BCUT2D eigenvalue weighted by atomic mass is 10.1. The summed E-state index contributed by atoms with van der Waals surface area (Å²) in [4.78, 5) is 23.5. The van der Waals surface area contributed by atoms with Crippen LogP contribution in [0, 0.1) is 0 Å². The molecule has 3 nitrogen and oxygen atoms in total. The molecule has 5 heteroatoms. The van der Waals surface area contributed by atoms with E-state index in [1.54, 1.807) is 17.8 Å². The third-order valence-corrected chi connectivity index (χ3v) is 3.30. The van der Waals surface area contributed by atoms with Crippen molar-refractivity contribution in [1.82, 2.24) is 4.90 Å². The number of hydrogen-bond donors (Lipinski definition) is 1. The molecular formula is C7H7NO2S2. The summed E-state index contributed by atoms with van der Waals surface area (Å²) in [5.41, 5.74) is 0.457.